The van der Waals surface area contributed by atoms with Crippen molar-refractivity contribution in [2.24, 2.45) is 0 Å². The number of nitrogen functional groups attached to an aromatic ring is 1. The minimum atomic E-state index is 0.625. The molecule has 2 rings (SSSR count). The fourth-order valence-corrected chi connectivity index (χ4v) is 2.66. The van der Waals surface area contributed by atoms with Crippen LogP contribution in [0.3, 0.4) is 0 Å². The van der Waals surface area contributed by atoms with Crippen LogP contribution in [0.1, 0.15) is 35.8 Å². The summed E-state index contributed by atoms with van der Waals surface area (Å²) in [5, 5.41) is 2.25. The highest BCUT2D eigenvalue weighted by Crippen LogP contribution is 2.24. The van der Waals surface area contributed by atoms with E-state index in [0.717, 1.165) is 12.1 Å². The smallest absolute Gasteiger partial charge is 0.0316 e. The molecule has 0 saturated heterocycles. The summed E-state index contributed by atoms with van der Waals surface area (Å²) in [5.41, 5.74) is 9.29. The summed E-state index contributed by atoms with van der Waals surface area (Å²) in [6, 6.07) is 10.4. The van der Waals surface area contributed by atoms with Crippen molar-refractivity contribution in [1.82, 2.24) is 0 Å². The van der Waals surface area contributed by atoms with Gasteiger partial charge in [0.15, 0.2) is 0 Å². The zero-order chi connectivity index (χ0) is 11.5. The molecule has 0 fully saturated rings. The Morgan fingerprint density at radius 2 is 2.00 bits per heavy atom. The van der Waals surface area contributed by atoms with Crippen LogP contribution in [0.15, 0.2) is 35.7 Å². The van der Waals surface area contributed by atoms with E-state index in [1.165, 1.54) is 16.0 Å². The van der Waals surface area contributed by atoms with E-state index in [1.807, 2.05) is 29.5 Å². The second kappa shape index (κ2) is 4.71. The van der Waals surface area contributed by atoms with Crippen LogP contribution in [-0.4, -0.2) is 0 Å². The molecule has 0 aliphatic heterocycles. The van der Waals surface area contributed by atoms with Crippen molar-refractivity contribution in [3.8, 4) is 0 Å². The van der Waals surface area contributed by atoms with Crippen molar-refractivity contribution in [3.63, 3.8) is 0 Å². The fourth-order valence-electron chi connectivity index (χ4n) is 1.73. The van der Waals surface area contributed by atoms with Crippen LogP contribution >= 0.6 is 11.3 Å². The lowest BCUT2D eigenvalue weighted by atomic mass is 10.1. The first-order valence-corrected chi connectivity index (χ1v) is 6.45. The van der Waals surface area contributed by atoms with E-state index in [4.69, 9.17) is 5.73 Å². The molecule has 84 valence electrons. The van der Waals surface area contributed by atoms with Crippen LogP contribution in [0.5, 0.6) is 0 Å². The molecule has 1 heterocycles. The first kappa shape index (κ1) is 11.2. The van der Waals surface area contributed by atoms with Crippen LogP contribution in [0.2, 0.25) is 0 Å². The first-order chi connectivity index (χ1) is 7.65. The summed E-state index contributed by atoms with van der Waals surface area (Å²) in [4.78, 5) is 1.46. The molecular formula is C14H17NS. The average molecular weight is 231 g/mol. The third-order valence-corrected chi connectivity index (χ3v) is 3.88. The minimum Gasteiger partial charge on any atom is -0.399 e. The molecule has 2 aromatic rings. The Balaban J connectivity index is 2.14. The summed E-state index contributed by atoms with van der Waals surface area (Å²) < 4.78 is 0. The van der Waals surface area contributed by atoms with Crippen LogP contribution in [-0.2, 0) is 6.42 Å². The summed E-state index contributed by atoms with van der Waals surface area (Å²) in [5.74, 6) is 0.625. The number of hydrogen-bond acceptors (Lipinski definition) is 2. The van der Waals surface area contributed by atoms with E-state index < -0.39 is 0 Å². The summed E-state index contributed by atoms with van der Waals surface area (Å²) >= 11 is 1.85. The van der Waals surface area contributed by atoms with Gasteiger partial charge in [0.2, 0.25) is 0 Å². The predicted octanol–water partition coefficient (Wildman–Crippen LogP) is 4.04. The third-order valence-electron chi connectivity index (χ3n) is 2.60. The predicted molar refractivity (Wildman–Crippen MR) is 72.1 cm³/mol. The molecule has 0 radical (unpaired) electrons. The molecule has 0 aliphatic carbocycles. The number of benzene rings is 1. The van der Waals surface area contributed by atoms with Crippen molar-refractivity contribution >= 4 is 17.0 Å². The largest absolute Gasteiger partial charge is 0.399 e. The Morgan fingerprint density at radius 1 is 1.19 bits per heavy atom. The van der Waals surface area contributed by atoms with E-state index in [2.05, 4.69) is 31.4 Å². The maximum Gasteiger partial charge on any atom is 0.0316 e. The lowest BCUT2D eigenvalue weighted by molar-refractivity contribution is 0.888. The Morgan fingerprint density at radius 3 is 2.62 bits per heavy atom. The summed E-state index contributed by atoms with van der Waals surface area (Å²) in [7, 11) is 0. The van der Waals surface area contributed by atoms with Crippen molar-refractivity contribution in [2.75, 3.05) is 5.73 Å². The molecule has 0 spiro atoms. The van der Waals surface area contributed by atoms with Crippen molar-refractivity contribution in [3.05, 3.63) is 51.7 Å². The van der Waals surface area contributed by atoms with Gasteiger partial charge in [-0.15, -0.1) is 11.3 Å². The summed E-state index contributed by atoms with van der Waals surface area (Å²) in [6.45, 7) is 4.46. The number of rotatable bonds is 3. The molecule has 1 aromatic heterocycles. The lowest BCUT2D eigenvalue weighted by Crippen LogP contribution is -1.89. The molecule has 2 N–H and O–H groups in total. The van der Waals surface area contributed by atoms with E-state index in [9.17, 15) is 0 Å². The van der Waals surface area contributed by atoms with Gasteiger partial charge >= 0.3 is 0 Å². The number of thiophene rings is 1. The van der Waals surface area contributed by atoms with Crippen LogP contribution < -0.4 is 5.73 Å². The van der Waals surface area contributed by atoms with Gasteiger partial charge in [-0.2, -0.15) is 0 Å². The lowest BCUT2D eigenvalue weighted by Gasteiger charge is -2.01. The second-order valence-corrected chi connectivity index (χ2v) is 5.38. The molecule has 0 unspecified atom stereocenters. The fraction of sp³-hybridized carbons (Fsp3) is 0.286. The zero-order valence-corrected chi connectivity index (χ0v) is 10.6. The van der Waals surface area contributed by atoms with E-state index in [1.54, 1.807) is 0 Å². The van der Waals surface area contributed by atoms with Gasteiger partial charge < -0.3 is 5.73 Å². The molecule has 16 heavy (non-hydrogen) atoms. The highest BCUT2D eigenvalue weighted by molar-refractivity contribution is 7.10. The molecule has 1 nitrogen and oxygen atoms in total. The normalized spacial score (nSPS) is 10.9. The first-order valence-electron chi connectivity index (χ1n) is 5.57. The van der Waals surface area contributed by atoms with Gasteiger partial charge in [-0.05, 0) is 47.0 Å². The van der Waals surface area contributed by atoms with Crippen molar-refractivity contribution in [1.29, 1.82) is 0 Å². The molecule has 1 aromatic carbocycles. The van der Waals surface area contributed by atoms with Crippen molar-refractivity contribution < 1.29 is 0 Å². The Bertz CT molecular complexity index is 471. The van der Waals surface area contributed by atoms with Crippen molar-refractivity contribution in [2.45, 2.75) is 26.2 Å². The van der Waals surface area contributed by atoms with Crippen LogP contribution in [0, 0.1) is 0 Å². The number of nitrogens with two attached hydrogens (primary N) is 1. The standard InChI is InChI=1S/C14H17NS/c1-10(2)14-8-12(9-16-14)6-11-4-3-5-13(15)7-11/h3-5,7-10H,6,15H2,1-2H3. The van der Waals surface area contributed by atoms with Gasteiger partial charge in [-0.1, -0.05) is 26.0 Å². The Labute approximate surface area is 101 Å². The van der Waals surface area contributed by atoms with Crippen LogP contribution in [0.25, 0.3) is 0 Å². The third kappa shape index (κ3) is 2.64. The van der Waals surface area contributed by atoms with Gasteiger partial charge in [0.1, 0.15) is 0 Å². The highest BCUT2D eigenvalue weighted by Gasteiger charge is 2.04. The molecular weight excluding hydrogens is 214 g/mol. The minimum absolute atomic E-state index is 0.625. The van der Waals surface area contributed by atoms with Crippen LogP contribution in [0.4, 0.5) is 5.69 Å². The molecule has 2 heteroatoms. The van der Waals surface area contributed by atoms with E-state index in [-0.39, 0.29) is 0 Å². The molecule has 0 saturated carbocycles. The summed E-state index contributed by atoms with van der Waals surface area (Å²) in [6.07, 6.45) is 0.980. The van der Waals surface area contributed by atoms with Gasteiger partial charge in [-0.25, -0.2) is 0 Å². The second-order valence-electron chi connectivity index (χ2n) is 4.43. The molecule has 0 bridgehead atoms. The van der Waals surface area contributed by atoms with Gasteiger partial charge in [0.05, 0.1) is 0 Å². The quantitative estimate of drug-likeness (QED) is 0.792. The average Bonchev–Trinajstić information content (AvgIpc) is 2.66. The van der Waals surface area contributed by atoms with E-state index >= 15 is 0 Å². The number of hydrogen-bond donors (Lipinski definition) is 1. The Kier molecular flexibility index (Phi) is 3.30. The monoisotopic (exact) mass is 231 g/mol. The molecule has 0 amide bonds. The maximum absolute atomic E-state index is 5.77. The van der Waals surface area contributed by atoms with Gasteiger partial charge in [-0.3, -0.25) is 0 Å². The van der Waals surface area contributed by atoms with E-state index in [0.29, 0.717) is 5.92 Å². The highest BCUT2D eigenvalue weighted by atomic mass is 32.1. The topological polar surface area (TPSA) is 26.0 Å². The zero-order valence-electron chi connectivity index (χ0n) is 9.73. The molecule has 0 aliphatic rings. The SMILES string of the molecule is CC(C)c1cc(Cc2cccc(N)c2)cs1. The Hall–Kier alpha value is -1.28. The maximum atomic E-state index is 5.77. The van der Waals surface area contributed by atoms with Gasteiger partial charge in [0, 0.05) is 10.6 Å². The van der Waals surface area contributed by atoms with Gasteiger partial charge in [0.25, 0.3) is 0 Å². The number of anilines is 1. The molecule has 0 atom stereocenters.